The van der Waals surface area contributed by atoms with E-state index in [1.807, 2.05) is 25.1 Å². The van der Waals surface area contributed by atoms with Crippen LogP contribution in [0, 0.1) is 0 Å². The number of aliphatic hydroxyl groups excluding tert-OH is 1. The van der Waals surface area contributed by atoms with Crippen LogP contribution in [0.5, 0.6) is 5.75 Å². The molecule has 0 saturated carbocycles. The normalized spacial score (nSPS) is 14.5. The highest BCUT2D eigenvalue weighted by atomic mass is 16.5. The second kappa shape index (κ2) is 6.51. The summed E-state index contributed by atoms with van der Waals surface area (Å²) in [7, 11) is 1.67. The van der Waals surface area contributed by atoms with Gasteiger partial charge >= 0.3 is 0 Å². The van der Waals surface area contributed by atoms with Gasteiger partial charge in [0.15, 0.2) is 0 Å². The molecule has 0 aromatic heterocycles. The van der Waals surface area contributed by atoms with Gasteiger partial charge in [0.25, 0.3) is 0 Å². The summed E-state index contributed by atoms with van der Waals surface area (Å²) in [5.74, 6) is 0.870. The number of hydrogen-bond acceptors (Lipinski definition) is 3. The van der Waals surface area contributed by atoms with Crippen LogP contribution in [0.1, 0.15) is 31.9 Å². The zero-order valence-corrected chi connectivity index (χ0v) is 10.2. The average Bonchev–Trinajstić information content (AvgIpc) is 2.35. The largest absolute Gasteiger partial charge is 0.497 e. The van der Waals surface area contributed by atoms with Gasteiger partial charge in [-0.05, 0) is 31.0 Å². The van der Waals surface area contributed by atoms with Gasteiger partial charge in [0.05, 0.1) is 13.7 Å². The maximum atomic E-state index is 9.04. The quantitative estimate of drug-likeness (QED) is 0.776. The summed E-state index contributed by atoms with van der Waals surface area (Å²) in [6.07, 6.45) is 0.984. The molecule has 0 radical (unpaired) electrons. The highest BCUT2D eigenvalue weighted by Crippen LogP contribution is 2.21. The Balaban J connectivity index is 2.77. The van der Waals surface area contributed by atoms with Crippen molar-refractivity contribution in [2.75, 3.05) is 13.7 Å². The van der Waals surface area contributed by atoms with Crippen LogP contribution < -0.4 is 10.1 Å². The Morgan fingerprint density at radius 2 is 2.19 bits per heavy atom. The molecule has 1 rings (SSSR count). The van der Waals surface area contributed by atoms with E-state index in [4.69, 9.17) is 9.84 Å². The zero-order valence-electron chi connectivity index (χ0n) is 10.2. The Morgan fingerprint density at radius 1 is 1.44 bits per heavy atom. The molecule has 0 amide bonds. The van der Waals surface area contributed by atoms with E-state index in [2.05, 4.69) is 18.3 Å². The van der Waals surface area contributed by atoms with Crippen molar-refractivity contribution in [1.82, 2.24) is 5.32 Å². The van der Waals surface area contributed by atoms with Crippen molar-refractivity contribution in [3.05, 3.63) is 29.8 Å². The third-order valence-electron chi connectivity index (χ3n) is 2.66. The number of hydrogen-bond donors (Lipinski definition) is 2. The third kappa shape index (κ3) is 3.51. The highest BCUT2D eigenvalue weighted by molar-refractivity contribution is 5.30. The zero-order chi connectivity index (χ0) is 12.0. The van der Waals surface area contributed by atoms with Crippen LogP contribution in [0.15, 0.2) is 24.3 Å². The molecule has 0 aliphatic heterocycles. The van der Waals surface area contributed by atoms with Crippen molar-refractivity contribution in [2.24, 2.45) is 0 Å². The maximum Gasteiger partial charge on any atom is 0.119 e. The van der Waals surface area contributed by atoms with Gasteiger partial charge in [0, 0.05) is 12.1 Å². The Hall–Kier alpha value is -1.06. The third-order valence-corrected chi connectivity index (χ3v) is 2.66. The first-order valence-corrected chi connectivity index (χ1v) is 5.72. The molecule has 0 saturated heterocycles. The predicted octanol–water partition coefficient (Wildman–Crippen LogP) is 2.12. The van der Waals surface area contributed by atoms with E-state index in [0.717, 1.165) is 12.2 Å². The van der Waals surface area contributed by atoms with Crippen molar-refractivity contribution in [3.8, 4) is 5.75 Å². The molecule has 0 aliphatic carbocycles. The number of aliphatic hydroxyl groups is 1. The summed E-state index contributed by atoms with van der Waals surface area (Å²) >= 11 is 0. The van der Waals surface area contributed by atoms with Gasteiger partial charge in [0.1, 0.15) is 5.75 Å². The molecule has 0 fully saturated rings. The number of ether oxygens (including phenoxy) is 1. The topological polar surface area (TPSA) is 41.5 Å². The van der Waals surface area contributed by atoms with E-state index in [9.17, 15) is 0 Å². The fourth-order valence-electron chi connectivity index (χ4n) is 1.70. The lowest BCUT2D eigenvalue weighted by atomic mass is 10.0. The number of rotatable bonds is 6. The Bertz CT molecular complexity index is 315. The molecule has 0 aliphatic rings. The predicted molar refractivity (Wildman–Crippen MR) is 65.7 cm³/mol. The second-order valence-corrected chi connectivity index (χ2v) is 3.99. The summed E-state index contributed by atoms with van der Waals surface area (Å²) in [5.41, 5.74) is 1.20. The van der Waals surface area contributed by atoms with Crippen LogP contribution in [0.25, 0.3) is 0 Å². The molecule has 2 atom stereocenters. The minimum atomic E-state index is 0.108. The Kier molecular flexibility index (Phi) is 5.29. The molecule has 3 heteroatoms. The number of nitrogens with one attached hydrogen (secondary N) is 1. The minimum Gasteiger partial charge on any atom is -0.497 e. The summed E-state index contributed by atoms with van der Waals surface area (Å²) in [6, 6.07) is 8.40. The maximum absolute atomic E-state index is 9.04. The fourth-order valence-corrected chi connectivity index (χ4v) is 1.70. The summed E-state index contributed by atoms with van der Waals surface area (Å²) < 4.78 is 5.20. The van der Waals surface area contributed by atoms with Crippen LogP contribution >= 0.6 is 0 Å². The van der Waals surface area contributed by atoms with Gasteiger partial charge in [-0.15, -0.1) is 0 Å². The molecule has 2 unspecified atom stereocenters. The van der Waals surface area contributed by atoms with Crippen molar-refractivity contribution < 1.29 is 9.84 Å². The number of methoxy groups -OCH3 is 1. The average molecular weight is 223 g/mol. The molecule has 16 heavy (non-hydrogen) atoms. The molecule has 0 bridgehead atoms. The van der Waals surface area contributed by atoms with Gasteiger partial charge in [0.2, 0.25) is 0 Å². The molecule has 90 valence electrons. The molecule has 1 aromatic carbocycles. The van der Waals surface area contributed by atoms with Crippen molar-refractivity contribution >= 4 is 0 Å². The van der Waals surface area contributed by atoms with E-state index >= 15 is 0 Å². The van der Waals surface area contributed by atoms with E-state index in [1.165, 1.54) is 5.56 Å². The Labute approximate surface area is 97.4 Å². The minimum absolute atomic E-state index is 0.108. The molecule has 3 nitrogen and oxygen atoms in total. The highest BCUT2D eigenvalue weighted by Gasteiger charge is 2.12. The second-order valence-electron chi connectivity index (χ2n) is 3.99. The Morgan fingerprint density at radius 3 is 2.75 bits per heavy atom. The summed E-state index contributed by atoms with van der Waals surface area (Å²) in [5, 5.41) is 12.4. The fraction of sp³-hybridized carbons (Fsp3) is 0.538. The van der Waals surface area contributed by atoms with Crippen LogP contribution in [0.2, 0.25) is 0 Å². The van der Waals surface area contributed by atoms with Gasteiger partial charge in [-0.3, -0.25) is 0 Å². The standard InChI is InChI=1S/C13H21NO2/c1-4-13(14-10(2)9-15)11-6-5-7-12(8-11)16-3/h5-8,10,13-15H,4,9H2,1-3H3. The van der Waals surface area contributed by atoms with Gasteiger partial charge in [-0.1, -0.05) is 19.1 Å². The monoisotopic (exact) mass is 223 g/mol. The van der Waals surface area contributed by atoms with Gasteiger partial charge < -0.3 is 15.2 Å². The van der Waals surface area contributed by atoms with E-state index < -0.39 is 0 Å². The first kappa shape index (κ1) is 13.0. The first-order chi connectivity index (χ1) is 7.71. The lowest BCUT2D eigenvalue weighted by Crippen LogP contribution is -2.32. The van der Waals surface area contributed by atoms with Crippen LogP contribution in [0.3, 0.4) is 0 Å². The molecule has 2 N–H and O–H groups in total. The molecule has 0 heterocycles. The first-order valence-electron chi connectivity index (χ1n) is 5.72. The smallest absolute Gasteiger partial charge is 0.119 e. The van der Waals surface area contributed by atoms with Crippen molar-refractivity contribution in [1.29, 1.82) is 0 Å². The summed E-state index contributed by atoms with van der Waals surface area (Å²) in [4.78, 5) is 0. The molecular formula is C13H21NO2. The van der Waals surface area contributed by atoms with Gasteiger partial charge in [-0.2, -0.15) is 0 Å². The van der Waals surface area contributed by atoms with E-state index in [0.29, 0.717) is 0 Å². The van der Waals surface area contributed by atoms with E-state index in [1.54, 1.807) is 7.11 Å². The molecule has 0 spiro atoms. The number of benzene rings is 1. The van der Waals surface area contributed by atoms with E-state index in [-0.39, 0.29) is 18.7 Å². The lowest BCUT2D eigenvalue weighted by Gasteiger charge is -2.21. The SMILES string of the molecule is CCC(NC(C)CO)c1cccc(OC)c1. The summed E-state index contributed by atoms with van der Waals surface area (Å²) in [6.45, 7) is 4.25. The van der Waals surface area contributed by atoms with Crippen molar-refractivity contribution in [3.63, 3.8) is 0 Å². The molecular weight excluding hydrogens is 202 g/mol. The van der Waals surface area contributed by atoms with Crippen LogP contribution in [0.4, 0.5) is 0 Å². The molecule has 1 aromatic rings. The van der Waals surface area contributed by atoms with Crippen LogP contribution in [-0.4, -0.2) is 24.9 Å². The lowest BCUT2D eigenvalue weighted by molar-refractivity contribution is 0.239. The van der Waals surface area contributed by atoms with Gasteiger partial charge in [-0.25, -0.2) is 0 Å². The van der Waals surface area contributed by atoms with Crippen LogP contribution in [-0.2, 0) is 0 Å². The van der Waals surface area contributed by atoms with Crippen molar-refractivity contribution in [2.45, 2.75) is 32.4 Å².